The molecule has 0 aliphatic carbocycles. The second-order valence-corrected chi connectivity index (χ2v) is 6.22. The Morgan fingerprint density at radius 3 is 2.88 bits per heavy atom. The molecule has 6 heteroatoms. The Morgan fingerprint density at radius 1 is 1.28 bits per heavy atom. The summed E-state index contributed by atoms with van der Waals surface area (Å²) in [6.45, 7) is 2.48. The summed E-state index contributed by atoms with van der Waals surface area (Å²) in [5, 5.41) is 13.3. The van der Waals surface area contributed by atoms with E-state index in [4.69, 9.17) is 9.15 Å². The molecule has 2 N–H and O–H groups in total. The van der Waals surface area contributed by atoms with Crippen molar-refractivity contribution in [1.82, 2.24) is 10.2 Å². The van der Waals surface area contributed by atoms with Crippen molar-refractivity contribution >= 4 is 5.91 Å². The van der Waals surface area contributed by atoms with E-state index in [0.717, 1.165) is 11.3 Å². The van der Waals surface area contributed by atoms with E-state index in [-0.39, 0.29) is 18.5 Å². The molecule has 134 valence electrons. The smallest absolute Gasteiger partial charge is 0.234 e. The summed E-state index contributed by atoms with van der Waals surface area (Å²) in [5.41, 5.74) is 0.885. The molecule has 25 heavy (non-hydrogen) atoms. The Labute approximate surface area is 147 Å². The normalized spacial score (nSPS) is 19.5. The Morgan fingerprint density at radius 2 is 2.12 bits per heavy atom. The van der Waals surface area contributed by atoms with Gasteiger partial charge in [-0.2, -0.15) is 0 Å². The molecule has 0 radical (unpaired) electrons. The number of hydrogen-bond donors (Lipinski definition) is 2. The van der Waals surface area contributed by atoms with Gasteiger partial charge in [-0.3, -0.25) is 9.69 Å². The van der Waals surface area contributed by atoms with Crippen LogP contribution in [0.2, 0.25) is 0 Å². The molecule has 0 bridgehead atoms. The number of aliphatic hydroxyl groups is 1. The van der Waals surface area contributed by atoms with Gasteiger partial charge in [-0.05, 0) is 24.1 Å². The van der Waals surface area contributed by atoms with E-state index in [1.54, 1.807) is 12.3 Å². The average molecular weight is 344 g/mol. The summed E-state index contributed by atoms with van der Waals surface area (Å²) < 4.78 is 10.8. The van der Waals surface area contributed by atoms with Gasteiger partial charge in [-0.15, -0.1) is 0 Å². The van der Waals surface area contributed by atoms with Crippen LogP contribution in [0.15, 0.2) is 53.1 Å². The predicted octanol–water partition coefficient (Wildman–Crippen LogP) is 1.72. The third kappa shape index (κ3) is 5.16. The average Bonchev–Trinajstić information content (AvgIpc) is 3.16. The van der Waals surface area contributed by atoms with E-state index < -0.39 is 6.10 Å². The van der Waals surface area contributed by atoms with Crippen LogP contribution in [0.3, 0.4) is 0 Å². The van der Waals surface area contributed by atoms with Gasteiger partial charge in [0.2, 0.25) is 5.91 Å². The van der Waals surface area contributed by atoms with Crippen molar-refractivity contribution < 1.29 is 19.1 Å². The van der Waals surface area contributed by atoms with E-state index in [2.05, 4.69) is 10.2 Å². The first-order valence-corrected chi connectivity index (χ1v) is 8.56. The highest BCUT2D eigenvalue weighted by atomic mass is 16.5. The maximum atomic E-state index is 12.2. The van der Waals surface area contributed by atoms with Gasteiger partial charge in [0.05, 0.1) is 38.7 Å². The van der Waals surface area contributed by atoms with Crippen LogP contribution in [0.5, 0.6) is 0 Å². The highest BCUT2D eigenvalue weighted by Crippen LogP contribution is 2.22. The lowest BCUT2D eigenvalue weighted by Crippen LogP contribution is -2.50. The van der Waals surface area contributed by atoms with E-state index in [1.807, 2.05) is 36.4 Å². The van der Waals surface area contributed by atoms with Gasteiger partial charge >= 0.3 is 0 Å². The highest BCUT2D eigenvalue weighted by molar-refractivity contribution is 5.78. The first-order valence-electron chi connectivity index (χ1n) is 8.56. The van der Waals surface area contributed by atoms with Gasteiger partial charge in [0.15, 0.2) is 0 Å². The van der Waals surface area contributed by atoms with E-state index in [1.165, 1.54) is 0 Å². The standard InChI is InChI=1S/C19H24N2O4/c22-18(15-5-2-1-3-6-15)11-16-14-24-10-8-21(16)13-19(23)20-12-17-7-4-9-25-17/h1-7,9,16,18,22H,8,10-14H2,(H,20,23). The second-order valence-electron chi connectivity index (χ2n) is 6.22. The Balaban J connectivity index is 1.52. The molecule has 2 unspecified atom stereocenters. The summed E-state index contributed by atoms with van der Waals surface area (Å²) >= 11 is 0. The molecule has 1 amide bonds. The number of benzene rings is 1. The van der Waals surface area contributed by atoms with Crippen LogP contribution in [-0.2, 0) is 16.1 Å². The molecule has 1 aliphatic heterocycles. The number of carbonyl (C=O) groups excluding carboxylic acids is 1. The van der Waals surface area contributed by atoms with Crippen LogP contribution in [0.25, 0.3) is 0 Å². The molecule has 3 rings (SSSR count). The van der Waals surface area contributed by atoms with E-state index in [0.29, 0.717) is 32.7 Å². The molecule has 1 fully saturated rings. The summed E-state index contributed by atoms with van der Waals surface area (Å²) in [6, 6.07) is 13.2. The summed E-state index contributed by atoms with van der Waals surface area (Å²) in [5.74, 6) is 0.670. The zero-order chi connectivity index (χ0) is 17.5. The minimum absolute atomic E-state index is 0.0123. The van der Waals surface area contributed by atoms with Crippen LogP contribution in [0.4, 0.5) is 0 Å². The molecule has 0 saturated carbocycles. The first kappa shape index (κ1) is 17.7. The molecule has 2 aromatic rings. The summed E-state index contributed by atoms with van der Waals surface area (Å²) in [6.07, 6.45) is 1.56. The number of rotatable bonds is 7. The molecule has 1 saturated heterocycles. The zero-order valence-electron chi connectivity index (χ0n) is 14.1. The van der Waals surface area contributed by atoms with Crippen molar-refractivity contribution in [2.45, 2.75) is 25.1 Å². The monoisotopic (exact) mass is 344 g/mol. The number of ether oxygens (including phenoxy) is 1. The SMILES string of the molecule is O=C(CN1CCOCC1CC(O)c1ccccc1)NCc1ccco1. The second kappa shape index (κ2) is 8.80. The van der Waals surface area contributed by atoms with Gasteiger partial charge in [-0.25, -0.2) is 0 Å². The predicted molar refractivity (Wildman–Crippen MR) is 92.8 cm³/mol. The van der Waals surface area contributed by atoms with Crippen molar-refractivity contribution in [2.24, 2.45) is 0 Å². The van der Waals surface area contributed by atoms with Crippen LogP contribution in [0.1, 0.15) is 23.8 Å². The number of morpholine rings is 1. The van der Waals surface area contributed by atoms with Crippen molar-refractivity contribution in [3.05, 3.63) is 60.1 Å². The van der Waals surface area contributed by atoms with Gasteiger partial charge in [0.1, 0.15) is 5.76 Å². The number of amides is 1. The lowest BCUT2D eigenvalue weighted by molar-refractivity contribution is -0.125. The summed E-state index contributed by atoms with van der Waals surface area (Å²) in [7, 11) is 0. The maximum absolute atomic E-state index is 12.2. The van der Waals surface area contributed by atoms with Crippen molar-refractivity contribution in [3.63, 3.8) is 0 Å². The third-order valence-electron chi connectivity index (χ3n) is 4.42. The largest absolute Gasteiger partial charge is 0.467 e. The fourth-order valence-corrected chi connectivity index (χ4v) is 3.02. The highest BCUT2D eigenvalue weighted by Gasteiger charge is 2.27. The minimum atomic E-state index is -0.568. The Kier molecular flexibility index (Phi) is 6.22. The molecule has 1 aliphatic rings. The number of furan rings is 1. The fourth-order valence-electron chi connectivity index (χ4n) is 3.02. The molecule has 6 nitrogen and oxygen atoms in total. The molecule has 2 atom stereocenters. The third-order valence-corrected chi connectivity index (χ3v) is 4.42. The van der Waals surface area contributed by atoms with Gasteiger partial charge in [0, 0.05) is 12.6 Å². The number of hydrogen-bond acceptors (Lipinski definition) is 5. The number of aliphatic hydroxyl groups excluding tert-OH is 1. The van der Waals surface area contributed by atoms with E-state index in [9.17, 15) is 9.90 Å². The zero-order valence-corrected chi connectivity index (χ0v) is 14.1. The fraction of sp³-hybridized carbons (Fsp3) is 0.421. The quantitative estimate of drug-likeness (QED) is 0.800. The molecule has 0 spiro atoms. The Bertz CT molecular complexity index is 645. The maximum Gasteiger partial charge on any atom is 0.234 e. The summed E-state index contributed by atoms with van der Waals surface area (Å²) in [4.78, 5) is 14.3. The van der Waals surface area contributed by atoms with Crippen LogP contribution in [0, 0.1) is 0 Å². The van der Waals surface area contributed by atoms with Gasteiger partial charge < -0.3 is 19.6 Å². The lowest BCUT2D eigenvalue weighted by Gasteiger charge is -2.36. The minimum Gasteiger partial charge on any atom is -0.467 e. The van der Waals surface area contributed by atoms with E-state index >= 15 is 0 Å². The number of carbonyl (C=O) groups is 1. The van der Waals surface area contributed by atoms with Crippen LogP contribution in [-0.4, -0.2) is 48.3 Å². The van der Waals surface area contributed by atoms with Crippen LogP contribution < -0.4 is 5.32 Å². The Hall–Kier alpha value is -2.15. The first-order chi connectivity index (χ1) is 12.2. The molecular weight excluding hydrogens is 320 g/mol. The molecule has 2 heterocycles. The molecule has 1 aromatic carbocycles. The van der Waals surface area contributed by atoms with Crippen molar-refractivity contribution in [1.29, 1.82) is 0 Å². The van der Waals surface area contributed by atoms with Crippen molar-refractivity contribution in [3.8, 4) is 0 Å². The van der Waals surface area contributed by atoms with Gasteiger partial charge in [0.25, 0.3) is 0 Å². The number of nitrogens with zero attached hydrogens (tertiary/aromatic N) is 1. The lowest BCUT2D eigenvalue weighted by atomic mass is 10.0. The molecular formula is C19H24N2O4. The van der Waals surface area contributed by atoms with Crippen LogP contribution >= 0.6 is 0 Å². The molecule has 1 aromatic heterocycles. The van der Waals surface area contributed by atoms with Crippen molar-refractivity contribution in [2.75, 3.05) is 26.3 Å². The topological polar surface area (TPSA) is 74.9 Å². The number of nitrogens with one attached hydrogen (secondary N) is 1. The van der Waals surface area contributed by atoms with Gasteiger partial charge in [-0.1, -0.05) is 30.3 Å².